The largest absolute Gasteiger partial charge is 0.381 e. The molecule has 0 aliphatic carbocycles. The van der Waals surface area contributed by atoms with Crippen LogP contribution < -0.4 is 0 Å². The van der Waals surface area contributed by atoms with Crippen LogP contribution in [0.5, 0.6) is 0 Å². The molecule has 1 aliphatic rings. The van der Waals surface area contributed by atoms with Crippen molar-refractivity contribution in [1.29, 1.82) is 0 Å². The molecule has 0 spiro atoms. The molecule has 1 aromatic heterocycles. The minimum Gasteiger partial charge on any atom is -0.381 e. The molecule has 14 heavy (non-hydrogen) atoms. The maximum Gasteiger partial charge on any atom is 0.130 e. The van der Waals surface area contributed by atoms with E-state index in [1.807, 2.05) is 18.2 Å². The number of hydrogen-bond acceptors (Lipinski definition) is 3. The molecule has 0 aromatic carbocycles. The van der Waals surface area contributed by atoms with Crippen molar-refractivity contribution in [3.8, 4) is 0 Å². The standard InChI is InChI=1S/C10H12BrNO2/c11-9-4-1-3-8(12-9)10(13)5-2-6-14-7-10/h1,3-4,13H,2,5-7H2. The maximum atomic E-state index is 10.3. The van der Waals surface area contributed by atoms with E-state index in [1.165, 1.54) is 0 Å². The first-order chi connectivity index (χ1) is 6.71. The van der Waals surface area contributed by atoms with Gasteiger partial charge in [-0.2, -0.15) is 0 Å². The molecule has 0 radical (unpaired) electrons. The molecule has 3 nitrogen and oxygen atoms in total. The summed E-state index contributed by atoms with van der Waals surface area (Å²) in [4.78, 5) is 4.26. The smallest absolute Gasteiger partial charge is 0.130 e. The van der Waals surface area contributed by atoms with Crippen molar-refractivity contribution in [1.82, 2.24) is 4.98 Å². The minimum atomic E-state index is -0.901. The molecule has 4 heteroatoms. The average molecular weight is 258 g/mol. The van der Waals surface area contributed by atoms with Gasteiger partial charge in [0.1, 0.15) is 10.2 Å². The highest BCUT2D eigenvalue weighted by molar-refractivity contribution is 9.10. The van der Waals surface area contributed by atoms with Crippen LogP contribution in [0.1, 0.15) is 18.5 Å². The monoisotopic (exact) mass is 257 g/mol. The van der Waals surface area contributed by atoms with Gasteiger partial charge in [0.25, 0.3) is 0 Å². The lowest BCUT2D eigenvalue weighted by Crippen LogP contribution is -2.36. The number of aromatic nitrogens is 1. The summed E-state index contributed by atoms with van der Waals surface area (Å²) in [6, 6.07) is 5.55. The first-order valence-corrected chi connectivity index (χ1v) is 5.43. The van der Waals surface area contributed by atoms with Gasteiger partial charge in [-0.1, -0.05) is 6.07 Å². The molecule has 0 saturated carbocycles. The Morgan fingerprint density at radius 1 is 1.50 bits per heavy atom. The topological polar surface area (TPSA) is 42.4 Å². The van der Waals surface area contributed by atoms with Gasteiger partial charge >= 0.3 is 0 Å². The molecular weight excluding hydrogens is 246 g/mol. The van der Waals surface area contributed by atoms with Crippen molar-refractivity contribution >= 4 is 15.9 Å². The van der Waals surface area contributed by atoms with E-state index in [4.69, 9.17) is 4.74 Å². The number of pyridine rings is 1. The van der Waals surface area contributed by atoms with Crippen LogP contribution in [0, 0.1) is 0 Å². The first-order valence-electron chi connectivity index (χ1n) is 4.64. The second-order valence-corrected chi connectivity index (χ2v) is 4.35. The molecule has 2 rings (SSSR count). The Hall–Kier alpha value is -0.450. The lowest BCUT2D eigenvalue weighted by atomic mass is 9.92. The molecule has 0 amide bonds. The summed E-state index contributed by atoms with van der Waals surface area (Å²) in [7, 11) is 0. The van der Waals surface area contributed by atoms with Gasteiger partial charge in [-0.05, 0) is 40.9 Å². The molecule has 76 valence electrons. The molecule has 1 fully saturated rings. The van der Waals surface area contributed by atoms with Gasteiger partial charge in [0.15, 0.2) is 0 Å². The van der Waals surface area contributed by atoms with Crippen molar-refractivity contribution in [2.75, 3.05) is 13.2 Å². The number of hydrogen-bond donors (Lipinski definition) is 1. The lowest BCUT2D eigenvalue weighted by Gasteiger charge is -2.31. The van der Waals surface area contributed by atoms with Crippen LogP contribution in [0.25, 0.3) is 0 Å². The fourth-order valence-electron chi connectivity index (χ4n) is 1.65. The van der Waals surface area contributed by atoms with Crippen molar-refractivity contribution < 1.29 is 9.84 Å². The van der Waals surface area contributed by atoms with E-state index >= 15 is 0 Å². The average Bonchev–Trinajstić information content (AvgIpc) is 2.19. The van der Waals surface area contributed by atoms with Gasteiger partial charge in [0.05, 0.1) is 12.3 Å². The molecule has 1 aliphatic heterocycles. The van der Waals surface area contributed by atoms with Crippen molar-refractivity contribution in [3.05, 3.63) is 28.5 Å². The fraction of sp³-hybridized carbons (Fsp3) is 0.500. The Kier molecular flexibility index (Phi) is 2.85. The quantitative estimate of drug-likeness (QED) is 0.781. The van der Waals surface area contributed by atoms with E-state index in [2.05, 4.69) is 20.9 Å². The van der Waals surface area contributed by atoms with Gasteiger partial charge in [-0.3, -0.25) is 0 Å². The zero-order valence-corrected chi connectivity index (χ0v) is 9.33. The fourth-order valence-corrected chi connectivity index (χ4v) is 1.99. The van der Waals surface area contributed by atoms with Crippen molar-refractivity contribution in [2.24, 2.45) is 0 Å². The highest BCUT2D eigenvalue weighted by Crippen LogP contribution is 2.29. The Morgan fingerprint density at radius 2 is 2.36 bits per heavy atom. The third-order valence-corrected chi connectivity index (χ3v) is 2.85. The van der Waals surface area contributed by atoms with E-state index in [0.717, 1.165) is 24.1 Å². The minimum absolute atomic E-state index is 0.344. The summed E-state index contributed by atoms with van der Waals surface area (Å²) in [6.07, 6.45) is 1.60. The van der Waals surface area contributed by atoms with Gasteiger partial charge in [-0.15, -0.1) is 0 Å². The zero-order valence-electron chi connectivity index (χ0n) is 7.74. The van der Waals surface area contributed by atoms with Crippen LogP contribution >= 0.6 is 15.9 Å². The predicted molar refractivity (Wildman–Crippen MR) is 55.9 cm³/mol. The second kappa shape index (κ2) is 3.96. The van der Waals surface area contributed by atoms with Crippen LogP contribution in [0.3, 0.4) is 0 Å². The zero-order chi connectivity index (χ0) is 10.0. The summed E-state index contributed by atoms with van der Waals surface area (Å²) >= 11 is 3.29. The summed E-state index contributed by atoms with van der Waals surface area (Å²) in [6.45, 7) is 1.08. The van der Waals surface area contributed by atoms with Gasteiger partial charge < -0.3 is 9.84 Å². The number of nitrogens with zero attached hydrogens (tertiary/aromatic N) is 1. The predicted octanol–water partition coefficient (Wildman–Crippen LogP) is 1.84. The molecule has 2 heterocycles. The van der Waals surface area contributed by atoms with E-state index in [-0.39, 0.29) is 0 Å². The van der Waals surface area contributed by atoms with Crippen LogP contribution in [-0.4, -0.2) is 23.3 Å². The van der Waals surface area contributed by atoms with E-state index in [0.29, 0.717) is 12.3 Å². The molecule has 1 unspecified atom stereocenters. The van der Waals surface area contributed by atoms with Crippen molar-refractivity contribution in [3.63, 3.8) is 0 Å². The van der Waals surface area contributed by atoms with Crippen LogP contribution in [0.4, 0.5) is 0 Å². The van der Waals surface area contributed by atoms with Crippen LogP contribution in [-0.2, 0) is 10.3 Å². The third kappa shape index (κ3) is 1.97. The molecule has 1 atom stereocenters. The maximum absolute atomic E-state index is 10.3. The SMILES string of the molecule is OC1(c2cccc(Br)n2)CCCOC1. The second-order valence-electron chi connectivity index (χ2n) is 3.53. The molecule has 1 saturated heterocycles. The third-order valence-electron chi connectivity index (χ3n) is 2.41. The number of halogens is 1. The van der Waals surface area contributed by atoms with Crippen molar-refractivity contribution in [2.45, 2.75) is 18.4 Å². The van der Waals surface area contributed by atoms with E-state index in [9.17, 15) is 5.11 Å². The Bertz CT molecular complexity index is 324. The molecule has 0 bridgehead atoms. The Balaban J connectivity index is 2.28. The Labute approximate surface area is 91.2 Å². The van der Waals surface area contributed by atoms with Crippen LogP contribution in [0.2, 0.25) is 0 Å². The summed E-state index contributed by atoms with van der Waals surface area (Å²) < 4.78 is 6.02. The number of rotatable bonds is 1. The molecular formula is C10H12BrNO2. The van der Waals surface area contributed by atoms with Crippen LogP contribution in [0.15, 0.2) is 22.8 Å². The molecule has 1 N–H and O–H groups in total. The first kappa shape index (κ1) is 10.1. The number of aliphatic hydroxyl groups is 1. The van der Waals surface area contributed by atoms with Gasteiger partial charge in [-0.25, -0.2) is 4.98 Å². The Morgan fingerprint density at radius 3 is 3.00 bits per heavy atom. The van der Waals surface area contributed by atoms with E-state index in [1.54, 1.807) is 0 Å². The molecule has 1 aromatic rings. The normalized spacial score (nSPS) is 27.6. The van der Waals surface area contributed by atoms with E-state index < -0.39 is 5.60 Å². The summed E-state index contributed by atoms with van der Waals surface area (Å²) in [5, 5.41) is 10.3. The summed E-state index contributed by atoms with van der Waals surface area (Å²) in [5.41, 5.74) is -0.214. The highest BCUT2D eigenvalue weighted by atomic mass is 79.9. The van der Waals surface area contributed by atoms with Gasteiger partial charge in [0, 0.05) is 6.61 Å². The lowest BCUT2D eigenvalue weighted by molar-refractivity contribution is -0.0928. The summed E-state index contributed by atoms with van der Waals surface area (Å²) in [5.74, 6) is 0. The highest BCUT2D eigenvalue weighted by Gasteiger charge is 2.33. The van der Waals surface area contributed by atoms with Gasteiger partial charge in [0.2, 0.25) is 0 Å². The number of ether oxygens (including phenoxy) is 1.